The van der Waals surface area contributed by atoms with Gasteiger partial charge >= 0.3 is 0 Å². The quantitative estimate of drug-likeness (QED) is 0.847. The maximum absolute atomic E-state index is 11.8. The van der Waals surface area contributed by atoms with Crippen molar-refractivity contribution >= 4 is 40.9 Å². The molecule has 1 aromatic rings. The van der Waals surface area contributed by atoms with Gasteiger partial charge in [-0.3, -0.25) is 9.59 Å². The molecule has 1 aromatic carbocycles. The van der Waals surface area contributed by atoms with Gasteiger partial charge in [0, 0.05) is 23.8 Å². The summed E-state index contributed by atoms with van der Waals surface area (Å²) in [5.41, 5.74) is 0.626. The Morgan fingerprint density at radius 3 is 2.94 bits per heavy atom. The maximum Gasteiger partial charge on any atom is 0.251 e. The van der Waals surface area contributed by atoms with Crippen LogP contribution in [0.4, 0.5) is 5.69 Å². The Morgan fingerprint density at radius 2 is 2.33 bits per heavy atom. The second kappa shape index (κ2) is 5.46. The molecule has 0 aromatic heterocycles. The smallest absolute Gasteiger partial charge is 0.251 e. The minimum Gasteiger partial charge on any atom is -0.322 e. The van der Waals surface area contributed by atoms with Crippen LogP contribution in [-0.2, 0) is 9.59 Å². The van der Waals surface area contributed by atoms with E-state index in [0.29, 0.717) is 21.5 Å². The number of hydrogen-bond acceptors (Lipinski definition) is 3. The van der Waals surface area contributed by atoms with E-state index < -0.39 is 0 Å². The Kier molecular flexibility index (Phi) is 3.93. The van der Waals surface area contributed by atoms with E-state index >= 15 is 0 Å². The van der Waals surface area contributed by atoms with Gasteiger partial charge in [-0.2, -0.15) is 0 Å². The van der Waals surface area contributed by atoms with Gasteiger partial charge in [-0.1, -0.05) is 29.4 Å². The lowest BCUT2D eigenvalue weighted by molar-refractivity contribution is -0.124. The fourth-order valence-electron chi connectivity index (χ4n) is 1.45. The Labute approximate surface area is 114 Å². The number of anilines is 1. The van der Waals surface area contributed by atoms with Crippen LogP contribution in [0, 0.1) is 0 Å². The van der Waals surface area contributed by atoms with Crippen molar-refractivity contribution in [2.45, 2.75) is 0 Å². The summed E-state index contributed by atoms with van der Waals surface area (Å²) in [6, 6.07) is 6.90. The normalized spacial score (nSPS) is 17.3. The summed E-state index contributed by atoms with van der Waals surface area (Å²) >= 11 is 7.17. The van der Waals surface area contributed by atoms with Crippen LogP contribution in [0.25, 0.3) is 0 Å². The van der Waals surface area contributed by atoms with Crippen molar-refractivity contribution in [2.75, 3.05) is 18.1 Å². The van der Waals surface area contributed by atoms with Crippen molar-refractivity contribution in [3.63, 3.8) is 0 Å². The summed E-state index contributed by atoms with van der Waals surface area (Å²) < 4.78 is 0. The topological polar surface area (TPSA) is 49.4 Å². The van der Waals surface area contributed by atoms with E-state index in [1.807, 2.05) is 0 Å². The third kappa shape index (κ3) is 3.05. The molecule has 1 saturated heterocycles. The van der Waals surface area contributed by atoms with Gasteiger partial charge < -0.3 is 10.2 Å². The second-order valence-electron chi connectivity index (χ2n) is 3.72. The first kappa shape index (κ1) is 13.0. The lowest BCUT2D eigenvalue weighted by Gasteiger charge is -2.09. The van der Waals surface area contributed by atoms with Crippen molar-refractivity contribution in [1.82, 2.24) is 4.90 Å². The summed E-state index contributed by atoms with van der Waals surface area (Å²) in [4.78, 5) is 24.5. The summed E-state index contributed by atoms with van der Waals surface area (Å²) in [6.45, 7) is 0. The molecular formula is C12H11ClN2O2S. The molecule has 1 fully saturated rings. The van der Waals surface area contributed by atoms with E-state index in [-0.39, 0.29) is 11.8 Å². The molecule has 0 atom stereocenters. The molecule has 4 nitrogen and oxygen atoms in total. The van der Waals surface area contributed by atoms with Crippen molar-refractivity contribution in [2.24, 2.45) is 0 Å². The van der Waals surface area contributed by atoms with Crippen LogP contribution < -0.4 is 5.32 Å². The van der Waals surface area contributed by atoms with Crippen molar-refractivity contribution in [3.8, 4) is 0 Å². The molecule has 0 bridgehead atoms. The van der Waals surface area contributed by atoms with Gasteiger partial charge in [0.1, 0.15) is 0 Å². The fourth-order valence-corrected chi connectivity index (χ4v) is 2.59. The fraction of sp³-hybridized carbons (Fsp3) is 0.167. The van der Waals surface area contributed by atoms with Gasteiger partial charge in [0.15, 0.2) is 0 Å². The number of amides is 2. The zero-order chi connectivity index (χ0) is 13.1. The third-order valence-electron chi connectivity index (χ3n) is 2.39. The lowest BCUT2D eigenvalue weighted by Crippen LogP contribution is -2.20. The molecule has 94 valence electrons. The molecule has 6 heteroatoms. The second-order valence-corrected chi connectivity index (χ2v) is 5.16. The van der Waals surface area contributed by atoms with Gasteiger partial charge in [0.05, 0.1) is 10.8 Å². The van der Waals surface area contributed by atoms with Crippen LogP contribution in [0.15, 0.2) is 35.4 Å². The number of carbonyl (C=O) groups is 2. The van der Waals surface area contributed by atoms with E-state index in [2.05, 4.69) is 5.32 Å². The highest BCUT2D eigenvalue weighted by Gasteiger charge is 2.23. The number of nitrogens with one attached hydrogen (secondary N) is 1. The maximum atomic E-state index is 11.8. The zero-order valence-electron chi connectivity index (χ0n) is 9.64. The Bertz CT molecular complexity index is 531. The van der Waals surface area contributed by atoms with Gasteiger partial charge in [0.25, 0.3) is 5.91 Å². The van der Waals surface area contributed by atoms with E-state index in [1.165, 1.54) is 22.7 Å². The molecule has 0 unspecified atom stereocenters. The predicted octanol–water partition coefficient (Wildman–Crippen LogP) is 2.33. The van der Waals surface area contributed by atoms with Crippen LogP contribution in [0.5, 0.6) is 0 Å². The van der Waals surface area contributed by atoms with E-state index in [0.717, 1.165) is 0 Å². The van der Waals surface area contributed by atoms with Crippen LogP contribution in [-0.4, -0.2) is 29.5 Å². The highest BCUT2D eigenvalue weighted by molar-refractivity contribution is 8.04. The molecule has 2 amide bonds. The first-order chi connectivity index (χ1) is 8.56. The molecule has 0 saturated carbocycles. The molecule has 1 aliphatic heterocycles. The standard InChI is InChI=1S/C12H11ClN2O2S/c1-15-11(17)7-18-12(15)6-10(16)14-9-4-2-3-8(13)5-9/h2-6H,7H2,1H3,(H,14,16)/b12-6-. The largest absolute Gasteiger partial charge is 0.322 e. The van der Waals surface area contributed by atoms with Gasteiger partial charge in [-0.05, 0) is 18.2 Å². The van der Waals surface area contributed by atoms with Crippen molar-refractivity contribution in [3.05, 3.63) is 40.4 Å². The molecule has 1 heterocycles. The lowest BCUT2D eigenvalue weighted by atomic mass is 10.3. The first-order valence-corrected chi connectivity index (χ1v) is 6.60. The van der Waals surface area contributed by atoms with Crippen LogP contribution in [0.2, 0.25) is 5.02 Å². The summed E-state index contributed by atoms with van der Waals surface area (Å²) in [5.74, 6) is 0.107. The SMILES string of the molecule is CN1C(=O)CS/C1=C\C(=O)Nc1cccc(Cl)c1. The van der Waals surface area contributed by atoms with Gasteiger partial charge in [-0.25, -0.2) is 0 Å². The predicted molar refractivity (Wildman–Crippen MR) is 73.4 cm³/mol. The third-order valence-corrected chi connectivity index (χ3v) is 3.71. The van der Waals surface area contributed by atoms with Crippen LogP contribution >= 0.6 is 23.4 Å². The number of hydrogen-bond donors (Lipinski definition) is 1. The average Bonchev–Trinajstić information content (AvgIpc) is 2.61. The number of benzene rings is 1. The van der Waals surface area contributed by atoms with E-state index in [4.69, 9.17) is 11.6 Å². The number of nitrogens with zero attached hydrogens (tertiary/aromatic N) is 1. The number of thioether (sulfide) groups is 1. The minimum atomic E-state index is -0.277. The number of carbonyl (C=O) groups excluding carboxylic acids is 2. The molecular weight excluding hydrogens is 272 g/mol. The van der Waals surface area contributed by atoms with Crippen molar-refractivity contribution < 1.29 is 9.59 Å². The van der Waals surface area contributed by atoms with Crippen LogP contribution in [0.1, 0.15) is 0 Å². The Morgan fingerprint density at radius 1 is 1.56 bits per heavy atom. The summed E-state index contributed by atoms with van der Waals surface area (Å²) in [5, 5.41) is 3.90. The average molecular weight is 283 g/mol. The molecule has 0 aliphatic carbocycles. The molecule has 0 spiro atoms. The van der Waals surface area contributed by atoms with E-state index in [1.54, 1.807) is 31.3 Å². The van der Waals surface area contributed by atoms with Gasteiger partial charge in [-0.15, -0.1) is 0 Å². The molecule has 2 rings (SSSR count). The summed E-state index contributed by atoms with van der Waals surface area (Å²) in [7, 11) is 1.65. The molecule has 0 radical (unpaired) electrons. The highest BCUT2D eigenvalue weighted by Crippen LogP contribution is 2.26. The minimum absolute atomic E-state index is 0.00167. The van der Waals surface area contributed by atoms with Crippen LogP contribution in [0.3, 0.4) is 0 Å². The number of halogens is 1. The first-order valence-electron chi connectivity index (χ1n) is 5.24. The summed E-state index contributed by atoms with van der Waals surface area (Å²) in [6.07, 6.45) is 1.41. The monoisotopic (exact) mass is 282 g/mol. The molecule has 18 heavy (non-hydrogen) atoms. The van der Waals surface area contributed by atoms with Crippen molar-refractivity contribution in [1.29, 1.82) is 0 Å². The van der Waals surface area contributed by atoms with E-state index in [9.17, 15) is 9.59 Å². The zero-order valence-corrected chi connectivity index (χ0v) is 11.2. The number of rotatable bonds is 2. The molecule has 1 N–H and O–H groups in total. The Balaban J connectivity index is 2.05. The Hall–Kier alpha value is -1.46. The van der Waals surface area contributed by atoms with Gasteiger partial charge in [0.2, 0.25) is 5.91 Å². The molecule has 1 aliphatic rings. The highest BCUT2D eigenvalue weighted by atomic mass is 35.5.